The van der Waals surface area contributed by atoms with Crippen molar-refractivity contribution in [2.45, 2.75) is 459 Å². The molecule has 3 unspecified atom stereocenters. The highest BCUT2D eigenvalue weighted by molar-refractivity contribution is 7.47. The topological polar surface area (TPSA) is 237 Å². The zero-order chi connectivity index (χ0) is 76.7. The minimum Gasteiger partial charge on any atom is -0.462 e. The van der Waals surface area contributed by atoms with Gasteiger partial charge in [-0.1, -0.05) is 389 Å². The molecular weight excluding hydrogens is 1350 g/mol. The maximum atomic E-state index is 13.1. The Bertz CT molecular complexity index is 2030. The number of carbonyl (C=O) groups is 4. The average molecular weight is 1520 g/mol. The smallest absolute Gasteiger partial charge is 0.462 e. The highest BCUT2D eigenvalue weighted by Gasteiger charge is 2.30. The number of phosphoric acid groups is 2. The normalized spacial score (nSPS) is 14.2. The lowest BCUT2D eigenvalue weighted by molar-refractivity contribution is -0.161. The largest absolute Gasteiger partial charge is 0.472 e. The van der Waals surface area contributed by atoms with Crippen molar-refractivity contribution < 1.29 is 80.2 Å². The van der Waals surface area contributed by atoms with E-state index in [1.165, 1.54) is 244 Å². The number of aliphatic hydroxyl groups excluding tert-OH is 1. The number of hydrogen-bond acceptors (Lipinski definition) is 15. The van der Waals surface area contributed by atoms with E-state index in [0.29, 0.717) is 25.7 Å². The van der Waals surface area contributed by atoms with E-state index in [1.807, 2.05) is 0 Å². The Balaban J connectivity index is 5.26. The summed E-state index contributed by atoms with van der Waals surface area (Å²) in [7, 11) is -9.93. The third-order valence-electron chi connectivity index (χ3n) is 20.2. The lowest BCUT2D eigenvalue weighted by Gasteiger charge is -2.21. The van der Waals surface area contributed by atoms with E-state index >= 15 is 0 Å². The monoisotopic (exact) mass is 1520 g/mol. The van der Waals surface area contributed by atoms with E-state index in [1.54, 1.807) is 0 Å². The molecule has 19 heteroatoms. The molecule has 0 aliphatic rings. The van der Waals surface area contributed by atoms with Crippen molar-refractivity contribution >= 4 is 39.5 Å². The summed E-state index contributed by atoms with van der Waals surface area (Å²) >= 11 is 0. The number of rotatable bonds is 82. The lowest BCUT2D eigenvalue weighted by Crippen LogP contribution is -2.30. The number of unbranched alkanes of at least 4 members (excludes halogenated alkanes) is 47. The second kappa shape index (κ2) is 73.8. The van der Waals surface area contributed by atoms with Gasteiger partial charge in [-0.25, -0.2) is 9.13 Å². The zero-order valence-corrected chi connectivity index (χ0v) is 70.5. The Morgan fingerprint density at radius 1 is 0.269 bits per heavy atom. The van der Waals surface area contributed by atoms with Gasteiger partial charge in [0.25, 0.3) is 0 Å². The van der Waals surface area contributed by atoms with Crippen LogP contribution in [0.4, 0.5) is 0 Å². The van der Waals surface area contributed by atoms with E-state index in [4.69, 9.17) is 37.0 Å². The van der Waals surface area contributed by atoms with Gasteiger partial charge in [0, 0.05) is 25.7 Å². The molecule has 0 aliphatic heterocycles. The summed E-state index contributed by atoms with van der Waals surface area (Å²) in [5.74, 6) is 1.06. The molecule has 0 aromatic heterocycles. The van der Waals surface area contributed by atoms with Crippen molar-refractivity contribution in [1.82, 2.24) is 0 Å². The Kier molecular flexibility index (Phi) is 72.5. The summed E-state index contributed by atoms with van der Waals surface area (Å²) < 4.78 is 68.9. The number of ether oxygens (including phenoxy) is 4. The third kappa shape index (κ3) is 76.8. The highest BCUT2D eigenvalue weighted by Crippen LogP contribution is 2.45. The van der Waals surface area contributed by atoms with Crippen molar-refractivity contribution in [2.24, 2.45) is 23.7 Å². The van der Waals surface area contributed by atoms with Gasteiger partial charge in [0.2, 0.25) is 0 Å². The number of carbonyl (C=O) groups excluding carboxylic acids is 4. The predicted octanol–water partition coefficient (Wildman–Crippen LogP) is 25.6. The Morgan fingerprint density at radius 2 is 0.462 bits per heavy atom. The molecule has 0 aromatic carbocycles. The SMILES string of the molecule is CCC(C)CCCCCCCCCCCCC(=O)O[C@H](COC(=O)CCCCCCCCCCCCC(C)C)COP(=O)(O)OC[C@H](O)COP(=O)(O)OC[C@@H](COC(=O)CCCCCCCCCCCCCCCC(C)C)OC(=O)CCCCCCCCCCCCCCCCCCCCC(C)C. The standard InChI is InChI=1S/C85H166O17P2/c1-9-78(8)64-56-48-40-32-26-28-36-44-52-60-68-85(90)102-81(72-96-83(88)66-58-50-42-34-27-25-31-39-47-55-63-77(6)7)74-100-104(93,94)98-70-79(86)69-97-103(91,92)99-73-80(71-95-82(87)65-57-49-41-33-23-20-16-18-22-30-38-46-54-62-76(4)5)101-84(89)67-59-51-43-35-24-19-15-13-11-10-12-14-17-21-29-37-45-53-61-75(2)3/h75-81,86H,9-74H2,1-8H3,(H,91,92)(H,93,94)/t78?,79-,80-,81-/m1/s1. The fourth-order valence-electron chi connectivity index (χ4n) is 13.1. The first-order chi connectivity index (χ1) is 50.1. The first-order valence-electron chi connectivity index (χ1n) is 43.7. The van der Waals surface area contributed by atoms with Crippen LogP contribution in [0, 0.1) is 23.7 Å². The minimum atomic E-state index is -4.97. The molecule has 0 aliphatic carbocycles. The van der Waals surface area contributed by atoms with Crippen molar-refractivity contribution in [1.29, 1.82) is 0 Å². The van der Waals surface area contributed by atoms with E-state index in [2.05, 4.69) is 55.4 Å². The predicted molar refractivity (Wildman–Crippen MR) is 428 cm³/mol. The quantitative estimate of drug-likeness (QED) is 0.0222. The van der Waals surface area contributed by atoms with E-state index in [0.717, 1.165) is 114 Å². The van der Waals surface area contributed by atoms with Crippen LogP contribution in [0.3, 0.4) is 0 Å². The zero-order valence-electron chi connectivity index (χ0n) is 68.7. The van der Waals surface area contributed by atoms with E-state index in [-0.39, 0.29) is 25.7 Å². The molecule has 0 spiro atoms. The van der Waals surface area contributed by atoms with Crippen LogP contribution in [0.25, 0.3) is 0 Å². The molecule has 6 atom stereocenters. The van der Waals surface area contributed by atoms with Gasteiger partial charge in [0.05, 0.1) is 26.4 Å². The fraction of sp³-hybridized carbons (Fsp3) is 0.953. The highest BCUT2D eigenvalue weighted by atomic mass is 31.2. The van der Waals surface area contributed by atoms with E-state index < -0.39 is 97.5 Å². The van der Waals surface area contributed by atoms with Crippen LogP contribution in [0.1, 0.15) is 441 Å². The van der Waals surface area contributed by atoms with Crippen LogP contribution < -0.4 is 0 Å². The van der Waals surface area contributed by atoms with Crippen LogP contribution in [-0.4, -0.2) is 96.7 Å². The molecule has 3 N–H and O–H groups in total. The molecule has 618 valence electrons. The minimum absolute atomic E-state index is 0.106. The first-order valence-corrected chi connectivity index (χ1v) is 46.7. The molecule has 0 saturated carbocycles. The van der Waals surface area contributed by atoms with Crippen LogP contribution in [0.15, 0.2) is 0 Å². The van der Waals surface area contributed by atoms with Crippen molar-refractivity contribution in [3.8, 4) is 0 Å². The Hall–Kier alpha value is -1.94. The van der Waals surface area contributed by atoms with Gasteiger partial charge in [0.15, 0.2) is 12.2 Å². The number of aliphatic hydroxyl groups is 1. The Labute approximate surface area is 638 Å². The molecule has 0 saturated heterocycles. The van der Waals surface area contributed by atoms with E-state index in [9.17, 15) is 43.2 Å². The third-order valence-corrected chi connectivity index (χ3v) is 22.1. The summed E-state index contributed by atoms with van der Waals surface area (Å²) in [4.78, 5) is 73.2. The molecule has 17 nitrogen and oxygen atoms in total. The molecule has 0 fully saturated rings. The lowest BCUT2D eigenvalue weighted by atomic mass is 9.99. The number of hydrogen-bond donors (Lipinski definition) is 3. The van der Waals surface area contributed by atoms with Crippen LogP contribution in [0.5, 0.6) is 0 Å². The maximum absolute atomic E-state index is 13.1. The van der Waals surface area contributed by atoms with Crippen LogP contribution >= 0.6 is 15.6 Å². The maximum Gasteiger partial charge on any atom is 0.472 e. The molecule has 0 amide bonds. The summed E-state index contributed by atoms with van der Waals surface area (Å²) in [5.41, 5.74) is 0. The second-order valence-corrected chi connectivity index (χ2v) is 35.2. The molecular formula is C85H166O17P2. The second-order valence-electron chi connectivity index (χ2n) is 32.2. The Morgan fingerprint density at radius 3 is 0.683 bits per heavy atom. The summed E-state index contributed by atoms with van der Waals surface area (Å²) in [6.07, 6.45) is 62.4. The molecule has 0 radical (unpaired) electrons. The fourth-order valence-corrected chi connectivity index (χ4v) is 14.7. The molecule has 0 heterocycles. The number of esters is 4. The van der Waals surface area contributed by atoms with Gasteiger partial charge in [-0.3, -0.25) is 37.3 Å². The summed E-state index contributed by atoms with van der Waals surface area (Å²) in [6.45, 7) is 14.3. The van der Waals surface area contributed by atoms with Crippen LogP contribution in [0.2, 0.25) is 0 Å². The molecule has 0 bridgehead atoms. The first kappa shape index (κ1) is 102. The van der Waals surface area contributed by atoms with Crippen molar-refractivity contribution in [3.63, 3.8) is 0 Å². The van der Waals surface area contributed by atoms with Gasteiger partial charge in [-0.05, 0) is 49.4 Å². The van der Waals surface area contributed by atoms with Gasteiger partial charge in [0.1, 0.15) is 19.3 Å². The number of phosphoric ester groups is 2. The summed E-state index contributed by atoms with van der Waals surface area (Å²) in [5, 5.41) is 10.7. The average Bonchev–Trinajstić information content (AvgIpc) is 0.905. The molecule has 0 rings (SSSR count). The van der Waals surface area contributed by atoms with Gasteiger partial charge >= 0.3 is 39.5 Å². The van der Waals surface area contributed by atoms with Crippen molar-refractivity contribution in [3.05, 3.63) is 0 Å². The summed E-state index contributed by atoms with van der Waals surface area (Å²) in [6, 6.07) is 0. The molecule has 0 aromatic rings. The van der Waals surface area contributed by atoms with Crippen molar-refractivity contribution in [2.75, 3.05) is 39.6 Å². The van der Waals surface area contributed by atoms with Crippen LogP contribution in [-0.2, 0) is 65.4 Å². The van der Waals surface area contributed by atoms with Gasteiger partial charge in [-0.15, -0.1) is 0 Å². The van der Waals surface area contributed by atoms with Gasteiger partial charge in [-0.2, -0.15) is 0 Å². The van der Waals surface area contributed by atoms with Gasteiger partial charge < -0.3 is 33.8 Å². The molecule has 104 heavy (non-hydrogen) atoms.